The van der Waals surface area contributed by atoms with E-state index in [0.717, 1.165) is 5.56 Å². The maximum Gasteiger partial charge on any atom is 0.330 e. The highest BCUT2D eigenvalue weighted by molar-refractivity contribution is 5.85. The van der Waals surface area contributed by atoms with Crippen molar-refractivity contribution in [2.45, 2.75) is 19.9 Å². The standard InChI is InChI=1S/C16H23NO5/c1-10(2)14(16(18)22-6)17-9-11-7-12(19-3)15(21-5)13(8-11)20-4/h7-10,14H,1-6H3/t14-/m0/s1. The van der Waals surface area contributed by atoms with Crippen LogP contribution in [0.5, 0.6) is 17.2 Å². The van der Waals surface area contributed by atoms with Crippen LogP contribution in [0.25, 0.3) is 0 Å². The van der Waals surface area contributed by atoms with E-state index in [2.05, 4.69) is 4.99 Å². The van der Waals surface area contributed by atoms with Crippen LogP contribution in [0, 0.1) is 5.92 Å². The van der Waals surface area contributed by atoms with E-state index < -0.39 is 6.04 Å². The number of aliphatic imine (C=N–C) groups is 1. The molecule has 0 N–H and O–H groups in total. The highest BCUT2D eigenvalue weighted by Gasteiger charge is 2.21. The third-order valence-electron chi connectivity index (χ3n) is 3.15. The van der Waals surface area contributed by atoms with Crippen molar-refractivity contribution in [1.82, 2.24) is 0 Å². The summed E-state index contributed by atoms with van der Waals surface area (Å²) < 4.78 is 20.6. The topological polar surface area (TPSA) is 66.4 Å². The van der Waals surface area contributed by atoms with Gasteiger partial charge in [-0.15, -0.1) is 0 Å². The smallest absolute Gasteiger partial charge is 0.330 e. The Hall–Kier alpha value is -2.24. The van der Waals surface area contributed by atoms with Gasteiger partial charge < -0.3 is 18.9 Å². The number of benzene rings is 1. The van der Waals surface area contributed by atoms with E-state index in [9.17, 15) is 4.79 Å². The Kier molecular flexibility index (Phi) is 6.69. The predicted octanol–water partition coefficient (Wildman–Crippen LogP) is 2.33. The molecule has 0 spiro atoms. The van der Waals surface area contributed by atoms with Gasteiger partial charge in [-0.05, 0) is 23.6 Å². The zero-order valence-corrected chi connectivity index (χ0v) is 13.9. The number of ether oxygens (including phenoxy) is 4. The quantitative estimate of drug-likeness (QED) is 0.571. The third kappa shape index (κ3) is 4.13. The number of carbonyl (C=O) groups is 1. The molecule has 122 valence electrons. The Bertz CT molecular complexity index is 514. The molecule has 0 aliphatic rings. The molecule has 6 nitrogen and oxygen atoms in total. The molecule has 0 saturated heterocycles. The molecule has 1 aromatic rings. The fourth-order valence-corrected chi connectivity index (χ4v) is 1.97. The molecule has 1 rings (SSSR count). The first-order chi connectivity index (χ1) is 10.5. The monoisotopic (exact) mass is 309 g/mol. The SMILES string of the molecule is COC(=O)[C@@H](N=Cc1cc(OC)c(OC)c(OC)c1)C(C)C. The van der Waals surface area contributed by atoms with Gasteiger partial charge in [0.15, 0.2) is 11.5 Å². The van der Waals surface area contributed by atoms with Gasteiger partial charge in [0.25, 0.3) is 0 Å². The van der Waals surface area contributed by atoms with Gasteiger partial charge in [0.2, 0.25) is 5.75 Å². The van der Waals surface area contributed by atoms with Crippen LogP contribution >= 0.6 is 0 Å². The van der Waals surface area contributed by atoms with E-state index >= 15 is 0 Å². The summed E-state index contributed by atoms with van der Waals surface area (Å²) in [5.74, 6) is 1.24. The first-order valence-electron chi connectivity index (χ1n) is 6.89. The van der Waals surface area contributed by atoms with Gasteiger partial charge in [0, 0.05) is 6.21 Å². The number of esters is 1. The first kappa shape index (κ1) is 17.8. The van der Waals surface area contributed by atoms with E-state index in [-0.39, 0.29) is 11.9 Å². The average molecular weight is 309 g/mol. The third-order valence-corrected chi connectivity index (χ3v) is 3.15. The largest absolute Gasteiger partial charge is 0.493 e. The summed E-state index contributed by atoms with van der Waals surface area (Å²) in [6.07, 6.45) is 1.60. The molecule has 6 heteroatoms. The lowest BCUT2D eigenvalue weighted by Crippen LogP contribution is -2.26. The number of rotatable bonds is 7. The summed E-state index contributed by atoms with van der Waals surface area (Å²) >= 11 is 0. The minimum Gasteiger partial charge on any atom is -0.493 e. The van der Waals surface area contributed by atoms with Gasteiger partial charge in [-0.1, -0.05) is 13.8 Å². The first-order valence-corrected chi connectivity index (χ1v) is 6.89. The van der Waals surface area contributed by atoms with Crippen LogP contribution in [0.1, 0.15) is 19.4 Å². The maximum absolute atomic E-state index is 11.7. The summed E-state index contributed by atoms with van der Waals surface area (Å²) in [6.45, 7) is 3.82. The number of nitrogens with zero attached hydrogens (tertiary/aromatic N) is 1. The molecule has 1 atom stereocenters. The van der Waals surface area contributed by atoms with Crippen LogP contribution in [0.3, 0.4) is 0 Å². The number of methoxy groups -OCH3 is 4. The van der Waals surface area contributed by atoms with Crippen LogP contribution in [0.2, 0.25) is 0 Å². The highest BCUT2D eigenvalue weighted by Crippen LogP contribution is 2.37. The molecule has 0 saturated carbocycles. The zero-order valence-electron chi connectivity index (χ0n) is 13.9. The number of hydrogen-bond donors (Lipinski definition) is 0. The molecule has 0 aliphatic heterocycles. The summed E-state index contributed by atoms with van der Waals surface area (Å²) in [5, 5.41) is 0. The summed E-state index contributed by atoms with van der Waals surface area (Å²) in [5.41, 5.74) is 0.740. The fraction of sp³-hybridized carbons (Fsp3) is 0.500. The van der Waals surface area contributed by atoms with Crippen LogP contribution in [-0.2, 0) is 9.53 Å². The molecular weight excluding hydrogens is 286 g/mol. The Morgan fingerprint density at radius 1 is 1.05 bits per heavy atom. The van der Waals surface area contributed by atoms with E-state index in [4.69, 9.17) is 18.9 Å². The number of hydrogen-bond acceptors (Lipinski definition) is 6. The lowest BCUT2D eigenvalue weighted by atomic mass is 10.1. The second-order valence-electron chi connectivity index (χ2n) is 4.95. The summed E-state index contributed by atoms with van der Waals surface area (Å²) in [4.78, 5) is 16.0. The zero-order chi connectivity index (χ0) is 16.7. The van der Waals surface area contributed by atoms with Gasteiger partial charge in [-0.25, -0.2) is 4.79 Å². The van der Waals surface area contributed by atoms with Crippen molar-refractivity contribution in [1.29, 1.82) is 0 Å². The van der Waals surface area contributed by atoms with Crippen LogP contribution in [0.15, 0.2) is 17.1 Å². The molecular formula is C16H23NO5. The van der Waals surface area contributed by atoms with Crippen molar-refractivity contribution >= 4 is 12.2 Å². The van der Waals surface area contributed by atoms with Gasteiger partial charge in [0.05, 0.1) is 28.4 Å². The van der Waals surface area contributed by atoms with E-state index in [0.29, 0.717) is 17.2 Å². The lowest BCUT2D eigenvalue weighted by molar-refractivity contribution is -0.143. The molecule has 0 unspecified atom stereocenters. The van der Waals surface area contributed by atoms with E-state index in [1.54, 1.807) is 39.7 Å². The minimum atomic E-state index is -0.552. The summed E-state index contributed by atoms with van der Waals surface area (Å²) in [6, 6.07) is 2.98. The van der Waals surface area contributed by atoms with Gasteiger partial charge in [-0.3, -0.25) is 4.99 Å². The normalized spacial score (nSPS) is 12.3. The highest BCUT2D eigenvalue weighted by atomic mass is 16.5. The maximum atomic E-state index is 11.7. The van der Waals surface area contributed by atoms with Crippen LogP contribution in [0.4, 0.5) is 0 Å². The number of carbonyl (C=O) groups excluding carboxylic acids is 1. The Balaban J connectivity index is 3.16. The van der Waals surface area contributed by atoms with Gasteiger partial charge >= 0.3 is 5.97 Å². The van der Waals surface area contributed by atoms with Crippen molar-refractivity contribution < 1.29 is 23.7 Å². The van der Waals surface area contributed by atoms with Gasteiger partial charge in [0.1, 0.15) is 6.04 Å². The Morgan fingerprint density at radius 3 is 1.95 bits per heavy atom. The van der Waals surface area contributed by atoms with Crippen molar-refractivity contribution in [3.8, 4) is 17.2 Å². The molecule has 0 radical (unpaired) electrons. The molecule has 0 fully saturated rings. The van der Waals surface area contributed by atoms with Crippen molar-refractivity contribution in [3.63, 3.8) is 0 Å². The predicted molar refractivity (Wildman–Crippen MR) is 84.3 cm³/mol. The molecule has 0 amide bonds. The molecule has 0 bridgehead atoms. The Morgan fingerprint density at radius 2 is 1.59 bits per heavy atom. The van der Waals surface area contributed by atoms with Gasteiger partial charge in [-0.2, -0.15) is 0 Å². The van der Waals surface area contributed by atoms with E-state index in [1.807, 2.05) is 13.8 Å². The minimum absolute atomic E-state index is 0.0331. The molecule has 0 aliphatic carbocycles. The summed E-state index contributed by atoms with van der Waals surface area (Å²) in [7, 11) is 5.99. The van der Waals surface area contributed by atoms with Crippen molar-refractivity contribution in [2.75, 3.05) is 28.4 Å². The lowest BCUT2D eigenvalue weighted by Gasteiger charge is -2.14. The van der Waals surface area contributed by atoms with Crippen LogP contribution in [-0.4, -0.2) is 46.7 Å². The van der Waals surface area contributed by atoms with Crippen molar-refractivity contribution in [3.05, 3.63) is 17.7 Å². The van der Waals surface area contributed by atoms with Crippen molar-refractivity contribution in [2.24, 2.45) is 10.9 Å². The average Bonchev–Trinajstić information content (AvgIpc) is 2.53. The molecule has 1 aromatic carbocycles. The molecule has 22 heavy (non-hydrogen) atoms. The Labute approximate surface area is 131 Å². The second-order valence-corrected chi connectivity index (χ2v) is 4.95. The van der Waals surface area contributed by atoms with E-state index in [1.165, 1.54) is 7.11 Å². The fourth-order valence-electron chi connectivity index (χ4n) is 1.97. The second kappa shape index (κ2) is 8.26. The molecule has 0 heterocycles. The van der Waals surface area contributed by atoms with Crippen LogP contribution < -0.4 is 14.2 Å². The molecule has 0 aromatic heterocycles.